The fourth-order valence-corrected chi connectivity index (χ4v) is 1.23. The number of hydrogen-bond donors (Lipinski definition) is 2. The molecule has 0 heterocycles. The van der Waals surface area contributed by atoms with Gasteiger partial charge in [0.1, 0.15) is 5.60 Å². The van der Waals surface area contributed by atoms with Crippen molar-refractivity contribution in [1.82, 2.24) is 5.32 Å². The van der Waals surface area contributed by atoms with Crippen molar-refractivity contribution in [3.63, 3.8) is 0 Å². The standard InChI is InChI=1S/C11H19NO6/c1-6-11(7(13)14,8(15)17-5)12-9(16)18-10(2,3)4/h6H2,1-5H3,(H,12,16)(H,13,14). The van der Waals surface area contributed by atoms with Gasteiger partial charge in [-0.05, 0) is 27.2 Å². The van der Waals surface area contributed by atoms with Crippen LogP contribution in [0.2, 0.25) is 0 Å². The number of esters is 1. The number of amides is 1. The average Bonchev–Trinajstić information content (AvgIpc) is 2.21. The first kappa shape index (κ1) is 16.2. The number of carbonyl (C=O) groups is 3. The number of rotatable bonds is 4. The van der Waals surface area contributed by atoms with Gasteiger partial charge in [-0.3, -0.25) is 5.32 Å². The van der Waals surface area contributed by atoms with Crippen molar-refractivity contribution in [3.8, 4) is 0 Å². The molecule has 0 aromatic rings. The molecule has 1 unspecified atom stereocenters. The molecule has 2 N–H and O–H groups in total. The molecule has 0 spiro atoms. The Balaban J connectivity index is 5.08. The van der Waals surface area contributed by atoms with E-state index >= 15 is 0 Å². The molecule has 0 saturated carbocycles. The highest BCUT2D eigenvalue weighted by atomic mass is 16.6. The molecular weight excluding hydrogens is 242 g/mol. The largest absolute Gasteiger partial charge is 0.479 e. The zero-order valence-electron chi connectivity index (χ0n) is 11.2. The minimum atomic E-state index is -2.13. The van der Waals surface area contributed by atoms with Crippen LogP contribution in [0.4, 0.5) is 4.79 Å². The van der Waals surface area contributed by atoms with E-state index in [-0.39, 0.29) is 6.42 Å². The van der Waals surface area contributed by atoms with Crippen LogP contribution in [0.3, 0.4) is 0 Å². The second-order valence-corrected chi connectivity index (χ2v) is 4.68. The molecule has 0 aliphatic rings. The summed E-state index contributed by atoms with van der Waals surface area (Å²) in [6.45, 7) is 6.32. The maximum absolute atomic E-state index is 11.6. The fraction of sp³-hybridized carbons (Fsp3) is 0.727. The molecule has 104 valence electrons. The maximum Gasteiger partial charge on any atom is 0.409 e. The van der Waals surface area contributed by atoms with Gasteiger partial charge in [0.15, 0.2) is 0 Å². The van der Waals surface area contributed by atoms with Gasteiger partial charge in [0.05, 0.1) is 7.11 Å². The molecule has 0 bridgehead atoms. The van der Waals surface area contributed by atoms with Crippen molar-refractivity contribution in [3.05, 3.63) is 0 Å². The predicted molar refractivity (Wildman–Crippen MR) is 62.0 cm³/mol. The average molecular weight is 261 g/mol. The Labute approximate surface area is 105 Å². The molecule has 0 rings (SSSR count). The van der Waals surface area contributed by atoms with Crippen LogP contribution in [-0.4, -0.2) is 41.4 Å². The molecule has 1 amide bonds. The normalized spacial score (nSPS) is 14.3. The van der Waals surface area contributed by atoms with E-state index in [0.29, 0.717) is 0 Å². The van der Waals surface area contributed by atoms with Crippen LogP contribution >= 0.6 is 0 Å². The number of nitrogens with one attached hydrogen (secondary N) is 1. The van der Waals surface area contributed by atoms with Crippen LogP contribution in [0.15, 0.2) is 0 Å². The minimum absolute atomic E-state index is 0.158. The molecule has 1 atom stereocenters. The summed E-state index contributed by atoms with van der Waals surface area (Å²) in [6.07, 6.45) is -1.15. The Bertz CT molecular complexity index is 346. The quantitative estimate of drug-likeness (QED) is 0.576. The molecule has 0 aliphatic carbocycles. The molecule has 18 heavy (non-hydrogen) atoms. The molecular formula is C11H19NO6. The van der Waals surface area contributed by atoms with E-state index in [2.05, 4.69) is 10.1 Å². The molecule has 7 nitrogen and oxygen atoms in total. The summed E-state index contributed by atoms with van der Waals surface area (Å²) in [6, 6.07) is 0. The molecule has 0 aromatic carbocycles. The van der Waals surface area contributed by atoms with Gasteiger partial charge >= 0.3 is 18.0 Å². The lowest BCUT2D eigenvalue weighted by Gasteiger charge is -2.28. The number of ether oxygens (including phenoxy) is 2. The summed E-state index contributed by atoms with van der Waals surface area (Å²) in [5, 5.41) is 11.2. The first-order valence-electron chi connectivity index (χ1n) is 5.42. The van der Waals surface area contributed by atoms with Gasteiger partial charge in [-0.15, -0.1) is 0 Å². The second-order valence-electron chi connectivity index (χ2n) is 4.68. The number of carboxylic acids is 1. The van der Waals surface area contributed by atoms with E-state index in [9.17, 15) is 14.4 Å². The SMILES string of the molecule is CCC(NC(=O)OC(C)(C)C)(C(=O)O)C(=O)OC. The van der Waals surface area contributed by atoms with Gasteiger partial charge in [-0.2, -0.15) is 0 Å². The van der Waals surface area contributed by atoms with Gasteiger partial charge in [0.2, 0.25) is 5.54 Å². The molecule has 0 aromatic heterocycles. The van der Waals surface area contributed by atoms with Gasteiger partial charge in [0.25, 0.3) is 0 Å². The molecule has 0 fully saturated rings. The van der Waals surface area contributed by atoms with Gasteiger partial charge in [-0.1, -0.05) is 6.92 Å². The number of aliphatic carboxylic acids is 1. The highest BCUT2D eigenvalue weighted by Crippen LogP contribution is 2.15. The summed E-state index contributed by atoms with van der Waals surface area (Å²) in [5.41, 5.74) is -2.92. The van der Waals surface area contributed by atoms with Crippen LogP contribution in [0.25, 0.3) is 0 Å². The Hall–Kier alpha value is -1.79. The Kier molecular flexibility index (Phi) is 5.13. The first-order valence-corrected chi connectivity index (χ1v) is 5.42. The number of carboxylic acid groups (broad SMARTS) is 1. The van der Waals surface area contributed by atoms with Gasteiger partial charge in [0, 0.05) is 0 Å². The summed E-state index contributed by atoms with van der Waals surface area (Å²) in [4.78, 5) is 34.3. The lowest BCUT2D eigenvalue weighted by molar-refractivity contribution is -0.161. The molecule has 0 saturated heterocycles. The smallest absolute Gasteiger partial charge is 0.409 e. The Morgan fingerprint density at radius 2 is 1.72 bits per heavy atom. The maximum atomic E-state index is 11.6. The van der Waals surface area contributed by atoms with Gasteiger partial charge in [-0.25, -0.2) is 14.4 Å². The van der Waals surface area contributed by atoms with Gasteiger partial charge < -0.3 is 14.6 Å². The third-order valence-electron chi connectivity index (χ3n) is 2.14. The lowest BCUT2D eigenvalue weighted by Crippen LogP contribution is -2.60. The Morgan fingerprint density at radius 1 is 1.22 bits per heavy atom. The highest BCUT2D eigenvalue weighted by Gasteiger charge is 2.48. The van der Waals surface area contributed by atoms with E-state index in [1.807, 2.05) is 0 Å². The zero-order chi connectivity index (χ0) is 14.6. The van der Waals surface area contributed by atoms with Crippen molar-refractivity contribution in [2.45, 2.75) is 45.3 Å². The first-order chi connectivity index (χ1) is 8.09. The van der Waals surface area contributed by atoms with Crippen LogP contribution < -0.4 is 5.32 Å². The number of alkyl carbamates (subject to hydrolysis) is 1. The van der Waals surface area contributed by atoms with E-state index in [1.54, 1.807) is 20.8 Å². The van der Waals surface area contributed by atoms with Crippen molar-refractivity contribution in [2.24, 2.45) is 0 Å². The van der Waals surface area contributed by atoms with Crippen LogP contribution in [0, 0.1) is 0 Å². The van der Waals surface area contributed by atoms with Crippen LogP contribution in [-0.2, 0) is 19.1 Å². The third-order valence-corrected chi connectivity index (χ3v) is 2.14. The lowest BCUT2D eigenvalue weighted by atomic mass is 9.97. The summed E-state index contributed by atoms with van der Waals surface area (Å²) < 4.78 is 9.33. The van der Waals surface area contributed by atoms with Crippen LogP contribution in [0.5, 0.6) is 0 Å². The molecule has 0 aliphatic heterocycles. The number of carbonyl (C=O) groups excluding carboxylic acids is 2. The summed E-state index contributed by atoms with van der Waals surface area (Å²) >= 11 is 0. The summed E-state index contributed by atoms with van der Waals surface area (Å²) in [5.74, 6) is -2.55. The number of methoxy groups -OCH3 is 1. The van der Waals surface area contributed by atoms with Crippen molar-refractivity contribution < 1.29 is 29.0 Å². The van der Waals surface area contributed by atoms with Crippen molar-refractivity contribution in [1.29, 1.82) is 0 Å². The molecule has 7 heteroatoms. The van der Waals surface area contributed by atoms with E-state index in [1.165, 1.54) is 6.92 Å². The van der Waals surface area contributed by atoms with E-state index in [0.717, 1.165) is 7.11 Å². The van der Waals surface area contributed by atoms with Crippen molar-refractivity contribution in [2.75, 3.05) is 7.11 Å². The zero-order valence-corrected chi connectivity index (χ0v) is 11.2. The highest BCUT2D eigenvalue weighted by molar-refractivity contribution is 6.06. The topological polar surface area (TPSA) is 102 Å². The Morgan fingerprint density at radius 3 is 2.00 bits per heavy atom. The minimum Gasteiger partial charge on any atom is -0.479 e. The van der Waals surface area contributed by atoms with E-state index < -0.39 is 29.2 Å². The van der Waals surface area contributed by atoms with Crippen molar-refractivity contribution >= 4 is 18.0 Å². The number of hydrogen-bond acceptors (Lipinski definition) is 5. The molecule has 0 radical (unpaired) electrons. The predicted octanol–water partition coefficient (Wildman–Crippen LogP) is 0.917. The van der Waals surface area contributed by atoms with Crippen LogP contribution in [0.1, 0.15) is 34.1 Å². The third kappa shape index (κ3) is 3.90. The fourth-order valence-electron chi connectivity index (χ4n) is 1.23. The monoisotopic (exact) mass is 261 g/mol. The summed E-state index contributed by atoms with van der Waals surface area (Å²) in [7, 11) is 1.05. The van der Waals surface area contributed by atoms with E-state index in [4.69, 9.17) is 9.84 Å². The second kappa shape index (κ2) is 5.70.